The minimum atomic E-state index is -0.508. The number of benzene rings is 1. The van der Waals surface area contributed by atoms with E-state index in [1.807, 2.05) is 45.0 Å². The van der Waals surface area contributed by atoms with Crippen LogP contribution in [0, 0.1) is 0 Å². The maximum atomic E-state index is 12.3. The molecule has 0 bridgehead atoms. The Balaban J connectivity index is 1.70. The zero-order chi connectivity index (χ0) is 21.0. The van der Waals surface area contributed by atoms with Gasteiger partial charge in [-0.15, -0.1) is 0 Å². The van der Waals surface area contributed by atoms with Crippen molar-refractivity contribution in [3.63, 3.8) is 0 Å². The standard InChI is InChI=1S/C22H24Cl2N2O3/c1-22(2,3)29-21(27)26-11-8-15(9-12-26)20-19(5-4-10-25-20)28-14-16-6-7-17(23)13-18(16)24/h4-8,10,13H,9,11-12,14H2,1-3H3. The van der Waals surface area contributed by atoms with E-state index in [4.69, 9.17) is 32.7 Å². The number of carbonyl (C=O) groups excluding carboxylic acids is 1. The summed E-state index contributed by atoms with van der Waals surface area (Å²) < 4.78 is 11.4. The van der Waals surface area contributed by atoms with Crippen molar-refractivity contribution in [2.45, 2.75) is 39.4 Å². The second-order valence-electron chi connectivity index (χ2n) is 7.78. The Morgan fingerprint density at radius 1 is 1.24 bits per heavy atom. The lowest BCUT2D eigenvalue weighted by Crippen LogP contribution is -2.39. The molecule has 0 spiro atoms. The van der Waals surface area contributed by atoms with Gasteiger partial charge in [0.25, 0.3) is 0 Å². The number of hydrogen-bond acceptors (Lipinski definition) is 4. The second-order valence-corrected chi connectivity index (χ2v) is 8.62. The van der Waals surface area contributed by atoms with Crippen LogP contribution in [-0.4, -0.2) is 34.7 Å². The minimum absolute atomic E-state index is 0.303. The normalized spacial score (nSPS) is 14.4. The minimum Gasteiger partial charge on any atom is -0.487 e. The summed E-state index contributed by atoms with van der Waals surface area (Å²) >= 11 is 12.2. The van der Waals surface area contributed by atoms with E-state index < -0.39 is 5.60 Å². The summed E-state index contributed by atoms with van der Waals surface area (Å²) in [4.78, 5) is 18.4. The van der Waals surface area contributed by atoms with Gasteiger partial charge in [-0.05, 0) is 57.0 Å². The van der Waals surface area contributed by atoms with Gasteiger partial charge in [0.2, 0.25) is 0 Å². The average Bonchev–Trinajstić information content (AvgIpc) is 2.66. The number of hydrogen-bond donors (Lipinski definition) is 0. The number of carbonyl (C=O) groups is 1. The van der Waals surface area contributed by atoms with Crippen LogP contribution in [0.25, 0.3) is 5.57 Å². The fraction of sp³-hybridized carbons (Fsp3) is 0.364. The molecule has 0 N–H and O–H groups in total. The number of amides is 1. The largest absolute Gasteiger partial charge is 0.487 e. The average molecular weight is 435 g/mol. The van der Waals surface area contributed by atoms with Crippen molar-refractivity contribution in [1.82, 2.24) is 9.88 Å². The van der Waals surface area contributed by atoms with Crippen LogP contribution in [0.1, 0.15) is 38.4 Å². The van der Waals surface area contributed by atoms with E-state index in [9.17, 15) is 4.79 Å². The molecule has 2 heterocycles. The molecule has 0 atom stereocenters. The summed E-state index contributed by atoms with van der Waals surface area (Å²) in [6, 6.07) is 9.04. The SMILES string of the molecule is CC(C)(C)OC(=O)N1CC=C(c2ncccc2OCc2ccc(Cl)cc2Cl)CC1. The number of halogens is 2. The van der Waals surface area contributed by atoms with E-state index in [1.54, 1.807) is 23.2 Å². The van der Waals surface area contributed by atoms with Crippen molar-refractivity contribution >= 4 is 34.9 Å². The maximum absolute atomic E-state index is 12.3. The van der Waals surface area contributed by atoms with Crippen molar-refractivity contribution in [3.8, 4) is 5.75 Å². The Kier molecular flexibility index (Phi) is 6.70. The molecule has 1 amide bonds. The number of aromatic nitrogens is 1. The van der Waals surface area contributed by atoms with Crippen LogP contribution >= 0.6 is 23.2 Å². The van der Waals surface area contributed by atoms with Crippen LogP contribution in [0.5, 0.6) is 5.75 Å². The fourth-order valence-electron chi connectivity index (χ4n) is 2.92. The zero-order valence-electron chi connectivity index (χ0n) is 16.7. The molecule has 0 radical (unpaired) electrons. The molecule has 1 aromatic carbocycles. The third-order valence-corrected chi connectivity index (χ3v) is 4.92. The first-order chi connectivity index (χ1) is 13.7. The molecule has 5 nitrogen and oxygen atoms in total. The van der Waals surface area contributed by atoms with Crippen molar-refractivity contribution in [2.75, 3.05) is 13.1 Å². The van der Waals surface area contributed by atoms with E-state index in [0.717, 1.165) is 16.8 Å². The first kappa shape index (κ1) is 21.5. The molecule has 1 aliphatic heterocycles. The van der Waals surface area contributed by atoms with Gasteiger partial charge in [-0.2, -0.15) is 0 Å². The van der Waals surface area contributed by atoms with Gasteiger partial charge in [-0.3, -0.25) is 4.98 Å². The lowest BCUT2D eigenvalue weighted by molar-refractivity contribution is 0.0270. The molecule has 0 aliphatic carbocycles. The van der Waals surface area contributed by atoms with Crippen molar-refractivity contribution in [2.24, 2.45) is 0 Å². The van der Waals surface area contributed by atoms with Gasteiger partial charge in [0, 0.05) is 34.9 Å². The van der Waals surface area contributed by atoms with Crippen LogP contribution in [-0.2, 0) is 11.3 Å². The van der Waals surface area contributed by atoms with Crippen molar-refractivity contribution < 1.29 is 14.3 Å². The Labute approximate surface area is 181 Å². The summed E-state index contributed by atoms with van der Waals surface area (Å²) in [5, 5.41) is 1.15. The van der Waals surface area contributed by atoms with Gasteiger partial charge < -0.3 is 14.4 Å². The highest BCUT2D eigenvalue weighted by atomic mass is 35.5. The second kappa shape index (κ2) is 9.06. The van der Waals surface area contributed by atoms with Gasteiger partial charge >= 0.3 is 6.09 Å². The van der Waals surface area contributed by atoms with Gasteiger partial charge in [-0.1, -0.05) is 35.3 Å². The Bertz CT molecular complexity index is 923. The van der Waals surface area contributed by atoms with Gasteiger partial charge in [0.15, 0.2) is 0 Å². The fourth-order valence-corrected chi connectivity index (χ4v) is 3.38. The predicted octanol–water partition coefficient (Wildman–Crippen LogP) is 5.99. The highest BCUT2D eigenvalue weighted by Gasteiger charge is 2.25. The zero-order valence-corrected chi connectivity index (χ0v) is 18.3. The first-order valence-electron chi connectivity index (χ1n) is 9.42. The van der Waals surface area contributed by atoms with Crippen molar-refractivity contribution in [1.29, 1.82) is 0 Å². The Morgan fingerprint density at radius 3 is 2.69 bits per heavy atom. The molecule has 154 valence electrons. The summed E-state index contributed by atoms with van der Waals surface area (Å²) in [6.07, 6.45) is 4.10. The van der Waals surface area contributed by atoms with E-state index in [1.165, 1.54) is 0 Å². The van der Waals surface area contributed by atoms with Gasteiger partial charge in [0.05, 0.1) is 0 Å². The quantitative estimate of drug-likeness (QED) is 0.592. The molecular formula is C22H24Cl2N2O3. The van der Waals surface area contributed by atoms with Crippen LogP contribution in [0.2, 0.25) is 10.0 Å². The summed E-state index contributed by atoms with van der Waals surface area (Å²) in [5.74, 6) is 0.676. The molecule has 2 aromatic rings. The molecule has 0 unspecified atom stereocenters. The summed E-state index contributed by atoms with van der Waals surface area (Å²) in [7, 11) is 0. The maximum Gasteiger partial charge on any atom is 0.410 e. The third-order valence-electron chi connectivity index (χ3n) is 4.33. The van der Waals surface area contributed by atoms with Crippen LogP contribution in [0.4, 0.5) is 4.79 Å². The predicted molar refractivity (Wildman–Crippen MR) is 115 cm³/mol. The van der Waals surface area contributed by atoms with E-state index in [0.29, 0.717) is 41.9 Å². The van der Waals surface area contributed by atoms with Crippen LogP contribution in [0.15, 0.2) is 42.6 Å². The van der Waals surface area contributed by atoms with Gasteiger partial charge in [-0.25, -0.2) is 4.79 Å². The molecule has 1 aromatic heterocycles. The first-order valence-corrected chi connectivity index (χ1v) is 10.2. The molecule has 1 aliphatic rings. The Hall–Kier alpha value is -2.24. The topological polar surface area (TPSA) is 51.7 Å². The molecule has 7 heteroatoms. The third kappa shape index (κ3) is 5.87. The van der Waals surface area contributed by atoms with Gasteiger partial charge in [0.1, 0.15) is 23.7 Å². The van der Waals surface area contributed by atoms with Crippen LogP contribution in [0.3, 0.4) is 0 Å². The molecule has 0 saturated heterocycles. The lowest BCUT2D eigenvalue weighted by atomic mass is 10.0. The smallest absolute Gasteiger partial charge is 0.410 e. The lowest BCUT2D eigenvalue weighted by Gasteiger charge is -2.29. The number of rotatable bonds is 4. The number of nitrogens with zero attached hydrogens (tertiary/aromatic N) is 2. The van der Waals surface area contributed by atoms with E-state index >= 15 is 0 Å². The molecule has 0 fully saturated rings. The molecule has 0 saturated carbocycles. The van der Waals surface area contributed by atoms with E-state index in [2.05, 4.69) is 4.98 Å². The number of ether oxygens (including phenoxy) is 2. The summed E-state index contributed by atoms with van der Waals surface area (Å²) in [5.41, 5.74) is 2.16. The van der Waals surface area contributed by atoms with Crippen molar-refractivity contribution in [3.05, 3.63) is 63.9 Å². The monoisotopic (exact) mass is 434 g/mol. The van der Waals surface area contributed by atoms with E-state index in [-0.39, 0.29) is 6.09 Å². The summed E-state index contributed by atoms with van der Waals surface area (Å²) in [6.45, 7) is 6.94. The molecule has 29 heavy (non-hydrogen) atoms. The number of pyridine rings is 1. The molecule has 3 rings (SSSR count). The highest BCUT2D eigenvalue weighted by molar-refractivity contribution is 6.35. The van der Waals surface area contributed by atoms with Crippen LogP contribution < -0.4 is 4.74 Å². The molecular weight excluding hydrogens is 411 g/mol. The highest BCUT2D eigenvalue weighted by Crippen LogP contribution is 2.30. The Morgan fingerprint density at radius 2 is 2.03 bits per heavy atom.